The van der Waals surface area contributed by atoms with E-state index in [-0.39, 0.29) is 17.3 Å². The second-order valence-electron chi connectivity index (χ2n) is 8.72. The number of sulfonamides is 1. The number of amides is 2. The molecule has 1 N–H and O–H groups in total. The van der Waals surface area contributed by atoms with E-state index in [1.54, 1.807) is 56.3 Å². The minimum atomic E-state index is -4.06. The fraction of sp³-hybridized carbons (Fsp3) is 0.286. The normalized spacial score (nSPS) is 12.0. The molecule has 0 aliphatic rings. The van der Waals surface area contributed by atoms with Crippen molar-refractivity contribution in [1.29, 1.82) is 0 Å². The number of carbonyl (C=O) groups excluding carboxylic acids is 2. The molecule has 190 valence electrons. The first-order valence-corrected chi connectivity index (χ1v) is 13.3. The SMILES string of the molecule is CNC(=O)C(C)N(CCc1ccccc1)C(=O)CN(c1ccccc1C)S(=O)(=O)c1ccc(C)cc1. The van der Waals surface area contributed by atoms with Crippen molar-refractivity contribution < 1.29 is 18.0 Å². The van der Waals surface area contributed by atoms with Crippen molar-refractivity contribution in [1.82, 2.24) is 10.2 Å². The summed E-state index contributed by atoms with van der Waals surface area (Å²) in [5, 5.41) is 2.59. The molecule has 0 saturated heterocycles. The molecule has 7 nitrogen and oxygen atoms in total. The van der Waals surface area contributed by atoms with E-state index in [4.69, 9.17) is 0 Å². The van der Waals surface area contributed by atoms with Crippen molar-refractivity contribution in [3.8, 4) is 0 Å². The number of carbonyl (C=O) groups is 2. The summed E-state index contributed by atoms with van der Waals surface area (Å²) < 4.78 is 28.7. The third kappa shape index (κ3) is 6.31. The van der Waals surface area contributed by atoms with Crippen molar-refractivity contribution >= 4 is 27.5 Å². The summed E-state index contributed by atoms with van der Waals surface area (Å²) in [6.07, 6.45) is 0.531. The first-order valence-electron chi connectivity index (χ1n) is 11.8. The Morgan fingerprint density at radius 2 is 1.50 bits per heavy atom. The summed E-state index contributed by atoms with van der Waals surface area (Å²) in [6.45, 7) is 5.16. The number of anilines is 1. The number of likely N-dealkylation sites (N-methyl/N-ethyl adjacent to an activating group) is 1. The molecule has 0 fully saturated rings. The predicted octanol–water partition coefficient (Wildman–Crippen LogP) is 3.70. The first kappa shape index (κ1) is 26.9. The van der Waals surface area contributed by atoms with Crippen LogP contribution in [-0.2, 0) is 26.0 Å². The minimum absolute atomic E-state index is 0.0966. The zero-order chi connectivity index (χ0) is 26.3. The molecule has 0 aliphatic carbocycles. The topological polar surface area (TPSA) is 86.8 Å². The van der Waals surface area contributed by atoms with Gasteiger partial charge in [-0.25, -0.2) is 8.42 Å². The van der Waals surface area contributed by atoms with Gasteiger partial charge in [0.2, 0.25) is 11.8 Å². The van der Waals surface area contributed by atoms with Crippen LogP contribution in [0.5, 0.6) is 0 Å². The Morgan fingerprint density at radius 1 is 0.889 bits per heavy atom. The van der Waals surface area contributed by atoms with Gasteiger partial charge in [-0.05, 0) is 56.5 Å². The zero-order valence-corrected chi connectivity index (χ0v) is 22.0. The Morgan fingerprint density at radius 3 is 2.11 bits per heavy atom. The van der Waals surface area contributed by atoms with E-state index in [1.165, 1.54) is 11.9 Å². The van der Waals surface area contributed by atoms with Crippen molar-refractivity contribution in [2.45, 2.75) is 38.1 Å². The van der Waals surface area contributed by atoms with Gasteiger partial charge >= 0.3 is 0 Å². The monoisotopic (exact) mass is 507 g/mol. The number of benzene rings is 3. The maximum Gasteiger partial charge on any atom is 0.264 e. The van der Waals surface area contributed by atoms with Gasteiger partial charge in [-0.15, -0.1) is 0 Å². The van der Waals surface area contributed by atoms with Crippen LogP contribution in [0.3, 0.4) is 0 Å². The fourth-order valence-electron chi connectivity index (χ4n) is 3.97. The molecule has 0 aromatic heterocycles. The number of hydrogen-bond donors (Lipinski definition) is 1. The summed E-state index contributed by atoms with van der Waals surface area (Å²) in [5.74, 6) is -0.777. The van der Waals surface area contributed by atoms with Crippen molar-refractivity contribution in [3.05, 3.63) is 95.6 Å². The maximum atomic E-state index is 13.8. The highest BCUT2D eigenvalue weighted by atomic mass is 32.2. The lowest BCUT2D eigenvalue weighted by molar-refractivity contribution is -0.138. The number of hydrogen-bond acceptors (Lipinski definition) is 4. The van der Waals surface area contributed by atoms with Crippen LogP contribution in [0.15, 0.2) is 83.8 Å². The maximum absolute atomic E-state index is 13.8. The molecule has 1 unspecified atom stereocenters. The van der Waals surface area contributed by atoms with Crippen LogP contribution in [0.4, 0.5) is 5.69 Å². The van der Waals surface area contributed by atoms with Crippen LogP contribution in [0.2, 0.25) is 0 Å². The van der Waals surface area contributed by atoms with E-state index < -0.39 is 28.5 Å². The number of rotatable bonds is 10. The number of nitrogens with one attached hydrogen (secondary N) is 1. The molecule has 0 spiro atoms. The third-order valence-electron chi connectivity index (χ3n) is 6.17. The van der Waals surface area contributed by atoms with E-state index in [9.17, 15) is 18.0 Å². The zero-order valence-electron chi connectivity index (χ0n) is 21.1. The van der Waals surface area contributed by atoms with Gasteiger partial charge in [0, 0.05) is 13.6 Å². The number of para-hydroxylation sites is 1. The summed E-state index contributed by atoms with van der Waals surface area (Å²) in [4.78, 5) is 27.7. The number of aryl methyl sites for hydroxylation is 2. The van der Waals surface area contributed by atoms with Gasteiger partial charge < -0.3 is 10.2 Å². The van der Waals surface area contributed by atoms with E-state index in [2.05, 4.69) is 5.32 Å². The molecule has 3 rings (SSSR count). The summed E-state index contributed by atoms with van der Waals surface area (Å²) in [7, 11) is -2.54. The second-order valence-corrected chi connectivity index (χ2v) is 10.6. The van der Waals surface area contributed by atoms with E-state index in [0.29, 0.717) is 12.1 Å². The van der Waals surface area contributed by atoms with E-state index in [1.807, 2.05) is 43.3 Å². The lowest BCUT2D eigenvalue weighted by atomic mass is 10.1. The van der Waals surface area contributed by atoms with Gasteiger partial charge in [0.05, 0.1) is 10.6 Å². The molecule has 0 radical (unpaired) electrons. The second kappa shape index (κ2) is 11.9. The van der Waals surface area contributed by atoms with E-state index in [0.717, 1.165) is 21.0 Å². The number of nitrogens with zero attached hydrogens (tertiary/aromatic N) is 2. The lowest BCUT2D eigenvalue weighted by Crippen LogP contribution is -2.51. The molecule has 3 aromatic rings. The largest absolute Gasteiger partial charge is 0.357 e. The molecular weight excluding hydrogens is 474 g/mol. The molecule has 0 heterocycles. The molecule has 2 amide bonds. The Bertz CT molecular complexity index is 1290. The molecule has 1 atom stereocenters. The highest BCUT2D eigenvalue weighted by molar-refractivity contribution is 7.92. The van der Waals surface area contributed by atoms with Crippen LogP contribution in [0.25, 0.3) is 0 Å². The van der Waals surface area contributed by atoms with Crippen LogP contribution < -0.4 is 9.62 Å². The van der Waals surface area contributed by atoms with Crippen LogP contribution >= 0.6 is 0 Å². The van der Waals surface area contributed by atoms with Crippen LogP contribution in [0, 0.1) is 13.8 Å². The van der Waals surface area contributed by atoms with Crippen LogP contribution in [0.1, 0.15) is 23.6 Å². The van der Waals surface area contributed by atoms with Gasteiger partial charge in [0.25, 0.3) is 10.0 Å². The first-order chi connectivity index (χ1) is 17.1. The van der Waals surface area contributed by atoms with Gasteiger partial charge in [-0.3, -0.25) is 13.9 Å². The summed E-state index contributed by atoms with van der Waals surface area (Å²) in [5.41, 5.74) is 3.08. The Labute approximate surface area is 213 Å². The van der Waals surface area contributed by atoms with Crippen molar-refractivity contribution in [3.63, 3.8) is 0 Å². The van der Waals surface area contributed by atoms with Gasteiger partial charge in [-0.2, -0.15) is 0 Å². The summed E-state index contributed by atoms with van der Waals surface area (Å²) >= 11 is 0. The molecule has 0 bridgehead atoms. The highest BCUT2D eigenvalue weighted by Gasteiger charge is 2.32. The predicted molar refractivity (Wildman–Crippen MR) is 142 cm³/mol. The van der Waals surface area contributed by atoms with Crippen LogP contribution in [-0.4, -0.2) is 51.3 Å². The Kier molecular flexibility index (Phi) is 8.88. The minimum Gasteiger partial charge on any atom is -0.357 e. The quantitative estimate of drug-likeness (QED) is 0.453. The molecule has 0 aliphatic heterocycles. The Hall–Kier alpha value is -3.65. The van der Waals surface area contributed by atoms with E-state index >= 15 is 0 Å². The van der Waals surface area contributed by atoms with Gasteiger partial charge in [-0.1, -0.05) is 66.2 Å². The smallest absolute Gasteiger partial charge is 0.264 e. The average Bonchev–Trinajstić information content (AvgIpc) is 2.88. The van der Waals surface area contributed by atoms with Crippen molar-refractivity contribution in [2.24, 2.45) is 0 Å². The Balaban J connectivity index is 1.98. The standard InChI is InChI=1S/C28H33N3O4S/c1-21-14-16-25(17-15-21)36(34,35)31(26-13-9-8-10-22(26)2)20-27(32)30(23(3)28(33)29-4)19-18-24-11-6-5-7-12-24/h5-17,23H,18-20H2,1-4H3,(H,29,33). The molecule has 3 aromatic carbocycles. The van der Waals surface area contributed by atoms with Gasteiger partial charge in [0.15, 0.2) is 0 Å². The molecule has 8 heteroatoms. The summed E-state index contributed by atoms with van der Waals surface area (Å²) in [6, 6.07) is 22.5. The molecular formula is C28H33N3O4S. The third-order valence-corrected chi connectivity index (χ3v) is 7.94. The highest BCUT2D eigenvalue weighted by Crippen LogP contribution is 2.27. The van der Waals surface area contributed by atoms with Crippen molar-refractivity contribution in [2.75, 3.05) is 24.4 Å². The molecule has 36 heavy (non-hydrogen) atoms. The molecule has 0 saturated carbocycles. The lowest BCUT2D eigenvalue weighted by Gasteiger charge is -2.32. The average molecular weight is 508 g/mol. The van der Waals surface area contributed by atoms with Gasteiger partial charge in [0.1, 0.15) is 12.6 Å². The fourth-order valence-corrected chi connectivity index (χ4v) is 5.45.